The summed E-state index contributed by atoms with van der Waals surface area (Å²) in [5, 5.41) is 9.34. The van der Waals surface area contributed by atoms with Crippen LogP contribution in [0.15, 0.2) is 18.2 Å². The molecule has 1 heterocycles. The van der Waals surface area contributed by atoms with Crippen LogP contribution in [-0.4, -0.2) is 49.5 Å². The van der Waals surface area contributed by atoms with Crippen LogP contribution in [0.4, 0.5) is 4.39 Å². The Labute approximate surface area is 112 Å². The van der Waals surface area contributed by atoms with Gasteiger partial charge in [0.25, 0.3) is 0 Å². The van der Waals surface area contributed by atoms with Crippen molar-refractivity contribution in [1.29, 1.82) is 0 Å². The van der Waals surface area contributed by atoms with Crippen LogP contribution in [0.25, 0.3) is 0 Å². The summed E-state index contributed by atoms with van der Waals surface area (Å²) in [6, 6.07) is 4.57. The third kappa shape index (κ3) is 4.16. The van der Waals surface area contributed by atoms with Gasteiger partial charge in [0.2, 0.25) is 0 Å². The molecule has 1 aliphatic rings. The van der Waals surface area contributed by atoms with Crippen molar-refractivity contribution in [2.75, 3.05) is 39.5 Å². The average Bonchev–Trinajstić information content (AvgIpc) is 2.39. The van der Waals surface area contributed by atoms with E-state index in [-0.39, 0.29) is 0 Å². The van der Waals surface area contributed by atoms with E-state index in [2.05, 4.69) is 4.90 Å². The molecule has 0 spiro atoms. The van der Waals surface area contributed by atoms with E-state index >= 15 is 0 Å². The molecule has 0 bridgehead atoms. The zero-order valence-electron chi connectivity index (χ0n) is 11.1. The molecule has 106 valence electrons. The molecule has 5 heteroatoms. The Hall–Kier alpha value is -1.17. The first-order valence-corrected chi connectivity index (χ1v) is 6.57. The number of nitrogens with zero attached hydrogens (tertiary/aromatic N) is 1. The van der Waals surface area contributed by atoms with E-state index in [0.717, 1.165) is 32.8 Å². The van der Waals surface area contributed by atoms with Gasteiger partial charge in [-0.1, -0.05) is 0 Å². The number of morpholine rings is 1. The first-order valence-electron chi connectivity index (χ1n) is 6.57. The molecule has 0 aromatic heterocycles. The van der Waals surface area contributed by atoms with Gasteiger partial charge >= 0.3 is 0 Å². The SMILES string of the molecule is CC(O)c1ccc(OCCN2CCOCC2)cc1F. The van der Waals surface area contributed by atoms with Gasteiger partial charge in [0.05, 0.1) is 19.3 Å². The Morgan fingerprint density at radius 1 is 1.42 bits per heavy atom. The molecule has 1 fully saturated rings. The Morgan fingerprint density at radius 2 is 2.16 bits per heavy atom. The third-order valence-electron chi connectivity index (χ3n) is 3.20. The quantitative estimate of drug-likeness (QED) is 0.881. The monoisotopic (exact) mass is 269 g/mol. The zero-order chi connectivity index (χ0) is 13.7. The zero-order valence-corrected chi connectivity index (χ0v) is 11.1. The normalized spacial score (nSPS) is 18.3. The topological polar surface area (TPSA) is 41.9 Å². The number of benzene rings is 1. The molecular formula is C14H20FNO3. The van der Waals surface area contributed by atoms with Crippen molar-refractivity contribution in [1.82, 2.24) is 4.90 Å². The fourth-order valence-corrected chi connectivity index (χ4v) is 2.05. The summed E-state index contributed by atoms with van der Waals surface area (Å²) < 4.78 is 24.4. The van der Waals surface area contributed by atoms with E-state index in [4.69, 9.17) is 9.47 Å². The van der Waals surface area contributed by atoms with E-state index < -0.39 is 11.9 Å². The second-order valence-electron chi connectivity index (χ2n) is 4.66. The van der Waals surface area contributed by atoms with Gasteiger partial charge < -0.3 is 14.6 Å². The van der Waals surface area contributed by atoms with Crippen LogP contribution in [-0.2, 0) is 4.74 Å². The summed E-state index contributed by atoms with van der Waals surface area (Å²) in [5.74, 6) is 0.0639. The first kappa shape index (κ1) is 14.2. The Morgan fingerprint density at radius 3 is 2.79 bits per heavy atom. The van der Waals surface area contributed by atoms with E-state index in [1.54, 1.807) is 12.1 Å². The molecule has 4 nitrogen and oxygen atoms in total. The van der Waals surface area contributed by atoms with Crippen molar-refractivity contribution in [2.45, 2.75) is 13.0 Å². The Kier molecular flexibility index (Phi) is 5.13. The summed E-state index contributed by atoms with van der Waals surface area (Å²) in [7, 11) is 0. The predicted molar refractivity (Wildman–Crippen MR) is 69.8 cm³/mol. The second-order valence-corrected chi connectivity index (χ2v) is 4.66. The van der Waals surface area contributed by atoms with Gasteiger partial charge in [-0.2, -0.15) is 0 Å². The number of hydrogen-bond donors (Lipinski definition) is 1. The first-order chi connectivity index (χ1) is 9.16. The molecule has 1 saturated heterocycles. The molecule has 1 unspecified atom stereocenters. The molecule has 0 amide bonds. The average molecular weight is 269 g/mol. The molecule has 1 N–H and O–H groups in total. The number of ether oxygens (including phenoxy) is 2. The fourth-order valence-electron chi connectivity index (χ4n) is 2.05. The van der Waals surface area contributed by atoms with Crippen LogP contribution < -0.4 is 4.74 Å². The van der Waals surface area contributed by atoms with Crippen molar-refractivity contribution in [3.8, 4) is 5.75 Å². The highest BCUT2D eigenvalue weighted by Crippen LogP contribution is 2.21. The number of rotatable bonds is 5. The Balaban J connectivity index is 1.81. The lowest BCUT2D eigenvalue weighted by Gasteiger charge is -2.26. The molecule has 2 rings (SSSR count). The van der Waals surface area contributed by atoms with Crippen molar-refractivity contribution in [3.63, 3.8) is 0 Å². The number of hydrogen-bond acceptors (Lipinski definition) is 4. The van der Waals surface area contributed by atoms with E-state index in [9.17, 15) is 9.50 Å². The van der Waals surface area contributed by atoms with Crippen LogP contribution in [0.5, 0.6) is 5.75 Å². The molecule has 19 heavy (non-hydrogen) atoms. The van der Waals surface area contributed by atoms with Crippen molar-refractivity contribution < 1.29 is 19.0 Å². The van der Waals surface area contributed by atoms with Gasteiger partial charge in [0.15, 0.2) is 0 Å². The second kappa shape index (κ2) is 6.84. The van der Waals surface area contributed by atoms with Gasteiger partial charge in [0.1, 0.15) is 18.2 Å². The van der Waals surface area contributed by atoms with E-state index in [1.165, 1.54) is 13.0 Å². The van der Waals surface area contributed by atoms with Crippen molar-refractivity contribution >= 4 is 0 Å². The predicted octanol–water partition coefficient (Wildman–Crippen LogP) is 1.59. The molecule has 1 aliphatic heterocycles. The highest BCUT2D eigenvalue weighted by molar-refractivity contribution is 5.29. The van der Waals surface area contributed by atoms with Crippen LogP contribution in [0.3, 0.4) is 0 Å². The fraction of sp³-hybridized carbons (Fsp3) is 0.571. The van der Waals surface area contributed by atoms with Crippen molar-refractivity contribution in [3.05, 3.63) is 29.6 Å². The van der Waals surface area contributed by atoms with Gasteiger partial charge in [-0.15, -0.1) is 0 Å². The van der Waals surface area contributed by atoms with Crippen LogP contribution >= 0.6 is 0 Å². The molecule has 1 aromatic carbocycles. The molecule has 1 aromatic rings. The lowest BCUT2D eigenvalue weighted by Crippen LogP contribution is -2.38. The maximum atomic E-state index is 13.6. The smallest absolute Gasteiger partial charge is 0.132 e. The van der Waals surface area contributed by atoms with E-state index in [0.29, 0.717) is 17.9 Å². The number of aliphatic hydroxyl groups is 1. The summed E-state index contributed by atoms with van der Waals surface area (Å²) in [5.41, 5.74) is 0.292. The molecular weight excluding hydrogens is 249 g/mol. The molecule has 0 saturated carbocycles. The standard InChI is InChI=1S/C14H20FNO3/c1-11(17)13-3-2-12(10-14(13)15)19-9-6-16-4-7-18-8-5-16/h2-3,10-11,17H,4-9H2,1H3. The minimum absolute atomic E-state index is 0.292. The molecule has 0 radical (unpaired) electrons. The van der Waals surface area contributed by atoms with Crippen LogP contribution in [0.1, 0.15) is 18.6 Å². The largest absolute Gasteiger partial charge is 0.492 e. The third-order valence-corrected chi connectivity index (χ3v) is 3.20. The minimum atomic E-state index is -0.803. The molecule has 1 atom stereocenters. The number of halogens is 1. The van der Waals surface area contributed by atoms with Crippen molar-refractivity contribution in [2.24, 2.45) is 0 Å². The summed E-state index contributed by atoms with van der Waals surface area (Å²) in [4.78, 5) is 2.25. The van der Waals surface area contributed by atoms with Crippen LogP contribution in [0, 0.1) is 5.82 Å². The summed E-state index contributed by atoms with van der Waals surface area (Å²) in [6.45, 7) is 6.22. The maximum Gasteiger partial charge on any atom is 0.132 e. The van der Waals surface area contributed by atoms with Crippen LogP contribution in [0.2, 0.25) is 0 Å². The van der Waals surface area contributed by atoms with Gasteiger partial charge in [-0.05, 0) is 19.1 Å². The van der Waals surface area contributed by atoms with Gasteiger partial charge in [0, 0.05) is 31.3 Å². The highest BCUT2D eigenvalue weighted by Gasteiger charge is 2.11. The van der Waals surface area contributed by atoms with Gasteiger partial charge in [-0.3, -0.25) is 4.90 Å². The Bertz CT molecular complexity index is 406. The van der Waals surface area contributed by atoms with E-state index in [1.807, 2.05) is 0 Å². The summed E-state index contributed by atoms with van der Waals surface area (Å²) >= 11 is 0. The lowest BCUT2D eigenvalue weighted by molar-refractivity contribution is 0.0322. The minimum Gasteiger partial charge on any atom is -0.492 e. The molecule has 0 aliphatic carbocycles. The summed E-state index contributed by atoms with van der Waals surface area (Å²) in [6.07, 6.45) is -0.803. The lowest BCUT2D eigenvalue weighted by atomic mass is 10.1. The maximum absolute atomic E-state index is 13.6. The highest BCUT2D eigenvalue weighted by atomic mass is 19.1. The van der Waals surface area contributed by atoms with Gasteiger partial charge in [-0.25, -0.2) is 4.39 Å². The number of aliphatic hydroxyl groups excluding tert-OH is 1.